The normalized spacial score (nSPS) is 11.3. The Morgan fingerprint density at radius 2 is 2.33 bits per heavy atom. The summed E-state index contributed by atoms with van der Waals surface area (Å²) in [6.45, 7) is 1.84. The van der Waals surface area contributed by atoms with Gasteiger partial charge in [-0.05, 0) is 30.2 Å². The minimum absolute atomic E-state index is 0.264. The van der Waals surface area contributed by atoms with Crippen LogP contribution in [-0.2, 0) is 5.33 Å². The summed E-state index contributed by atoms with van der Waals surface area (Å²) < 4.78 is 14.5. The number of benzene rings is 1. The van der Waals surface area contributed by atoms with Crippen molar-refractivity contribution in [2.24, 2.45) is 5.10 Å². The van der Waals surface area contributed by atoms with Crippen molar-refractivity contribution in [3.8, 4) is 0 Å². The molecule has 0 saturated heterocycles. The summed E-state index contributed by atoms with van der Waals surface area (Å²) in [5.74, 6) is 0.0610. The van der Waals surface area contributed by atoms with Crippen molar-refractivity contribution in [2.75, 3.05) is 5.73 Å². The molecule has 0 aliphatic rings. The fourth-order valence-corrected chi connectivity index (χ4v) is 2.02. The summed E-state index contributed by atoms with van der Waals surface area (Å²) in [7, 11) is 0. The number of anilines is 1. The quantitative estimate of drug-likeness (QED) is 0.700. The van der Waals surface area contributed by atoms with Crippen molar-refractivity contribution in [2.45, 2.75) is 12.3 Å². The van der Waals surface area contributed by atoms with Crippen LogP contribution in [0.4, 0.5) is 10.3 Å². The molecule has 0 saturated carbocycles. The lowest BCUT2D eigenvalue weighted by Crippen LogP contribution is -1.98. The van der Waals surface area contributed by atoms with Crippen molar-refractivity contribution in [3.05, 3.63) is 47.0 Å². The lowest BCUT2D eigenvalue weighted by molar-refractivity contribution is 0.626. The van der Waals surface area contributed by atoms with E-state index in [1.54, 1.807) is 18.5 Å². The molecule has 1 aromatic heterocycles. The zero-order valence-electron chi connectivity index (χ0n) is 9.77. The van der Waals surface area contributed by atoms with Gasteiger partial charge in [0.15, 0.2) is 0 Å². The molecule has 2 rings (SSSR count). The maximum absolute atomic E-state index is 13.1. The van der Waals surface area contributed by atoms with Crippen LogP contribution in [0.15, 0.2) is 29.5 Å². The largest absolute Gasteiger partial charge is 0.368 e. The van der Waals surface area contributed by atoms with Crippen molar-refractivity contribution in [3.63, 3.8) is 0 Å². The Morgan fingerprint density at radius 3 is 2.94 bits per heavy atom. The molecule has 94 valence electrons. The summed E-state index contributed by atoms with van der Waals surface area (Å²) in [5.41, 5.74) is 8.13. The summed E-state index contributed by atoms with van der Waals surface area (Å²) in [5, 5.41) is 4.76. The molecule has 1 aromatic carbocycles. The van der Waals surface area contributed by atoms with E-state index in [2.05, 4.69) is 26.0 Å². The van der Waals surface area contributed by atoms with Crippen LogP contribution in [0, 0.1) is 12.7 Å². The maximum atomic E-state index is 13.1. The van der Waals surface area contributed by atoms with Gasteiger partial charge >= 0.3 is 0 Å². The van der Waals surface area contributed by atoms with Gasteiger partial charge in [0, 0.05) is 5.33 Å². The van der Waals surface area contributed by atoms with Crippen molar-refractivity contribution < 1.29 is 4.39 Å². The molecule has 0 radical (unpaired) electrons. The van der Waals surface area contributed by atoms with Gasteiger partial charge in [-0.2, -0.15) is 5.10 Å². The molecule has 0 amide bonds. The van der Waals surface area contributed by atoms with Crippen LogP contribution >= 0.6 is 15.9 Å². The SMILES string of the molecule is Cc1cn(N=Cc2ccc(F)cc2CBr)c(N)n1. The highest BCUT2D eigenvalue weighted by Gasteiger charge is 2.02. The zero-order chi connectivity index (χ0) is 13.1. The Kier molecular flexibility index (Phi) is 3.76. The monoisotopic (exact) mass is 310 g/mol. The minimum Gasteiger partial charge on any atom is -0.368 e. The first-order valence-electron chi connectivity index (χ1n) is 5.30. The van der Waals surface area contributed by atoms with Gasteiger partial charge in [0.25, 0.3) is 0 Å². The lowest BCUT2D eigenvalue weighted by Gasteiger charge is -2.02. The Hall–Kier alpha value is -1.69. The molecular weight excluding hydrogens is 299 g/mol. The molecule has 4 nitrogen and oxygen atoms in total. The number of rotatable bonds is 3. The van der Waals surface area contributed by atoms with Crippen LogP contribution in [0.25, 0.3) is 0 Å². The topological polar surface area (TPSA) is 56.2 Å². The number of nitrogens with zero attached hydrogens (tertiary/aromatic N) is 3. The highest BCUT2D eigenvalue weighted by atomic mass is 79.9. The molecule has 0 atom stereocenters. The Bertz CT molecular complexity index is 592. The Balaban J connectivity index is 2.31. The molecule has 18 heavy (non-hydrogen) atoms. The zero-order valence-corrected chi connectivity index (χ0v) is 11.4. The number of aromatic nitrogens is 2. The molecule has 2 aromatic rings. The van der Waals surface area contributed by atoms with Gasteiger partial charge in [0.1, 0.15) is 5.82 Å². The number of halogens is 2. The van der Waals surface area contributed by atoms with Crippen LogP contribution < -0.4 is 5.73 Å². The molecule has 2 N–H and O–H groups in total. The van der Waals surface area contributed by atoms with Crippen molar-refractivity contribution in [1.82, 2.24) is 9.66 Å². The average molecular weight is 311 g/mol. The van der Waals surface area contributed by atoms with E-state index < -0.39 is 0 Å². The predicted octanol–water partition coefficient (Wildman–Crippen LogP) is 2.69. The van der Waals surface area contributed by atoms with Crippen LogP contribution in [-0.4, -0.2) is 15.9 Å². The molecular formula is C12H12BrFN4. The van der Waals surface area contributed by atoms with E-state index in [0.29, 0.717) is 11.3 Å². The number of alkyl halides is 1. The van der Waals surface area contributed by atoms with Crippen LogP contribution in [0.2, 0.25) is 0 Å². The van der Waals surface area contributed by atoms with Gasteiger partial charge in [-0.25, -0.2) is 14.1 Å². The van der Waals surface area contributed by atoms with Gasteiger partial charge in [0.05, 0.1) is 18.1 Å². The molecule has 0 spiro atoms. The number of nitrogens with two attached hydrogens (primary N) is 1. The molecule has 0 bridgehead atoms. The van der Waals surface area contributed by atoms with Crippen LogP contribution in [0.5, 0.6) is 0 Å². The lowest BCUT2D eigenvalue weighted by atomic mass is 10.1. The fourth-order valence-electron chi connectivity index (χ4n) is 1.54. The molecule has 6 heteroatoms. The molecule has 0 aliphatic carbocycles. The Labute approximate surface area is 112 Å². The summed E-state index contributed by atoms with van der Waals surface area (Å²) in [6.07, 6.45) is 3.36. The van der Waals surface area contributed by atoms with Crippen molar-refractivity contribution >= 4 is 28.1 Å². The second-order valence-electron chi connectivity index (χ2n) is 3.81. The first kappa shape index (κ1) is 12.8. The second-order valence-corrected chi connectivity index (χ2v) is 4.37. The van der Waals surface area contributed by atoms with Crippen LogP contribution in [0.1, 0.15) is 16.8 Å². The number of imidazole rings is 1. The molecule has 0 aliphatic heterocycles. The standard InChI is InChI=1S/C12H12BrFN4/c1-8-7-18(12(15)17-8)16-6-9-2-3-11(14)4-10(9)5-13/h2-4,6-7H,5H2,1H3,(H2,15,17). The number of hydrogen-bond donors (Lipinski definition) is 1. The molecule has 0 unspecified atom stereocenters. The summed E-state index contributed by atoms with van der Waals surface area (Å²) in [4.78, 5) is 4.04. The fraction of sp³-hybridized carbons (Fsp3) is 0.167. The molecule has 0 fully saturated rings. The average Bonchev–Trinajstić information content (AvgIpc) is 2.66. The highest BCUT2D eigenvalue weighted by molar-refractivity contribution is 9.08. The van der Waals surface area contributed by atoms with Gasteiger partial charge in [-0.15, -0.1) is 0 Å². The third-order valence-electron chi connectivity index (χ3n) is 2.40. The smallest absolute Gasteiger partial charge is 0.221 e. The molecule has 1 heterocycles. The van der Waals surface area contributed by atoms with Crippen LogP contribution in [0.3, 0.4) is 0 Å². The first-order valence-corrected chi connectivity index (χ1v) is 6.42. The summed E-state index contributed by atoms with van der Waals surface area (Å²) >= 11 is 3.32. The van der Waals surface area contributed by atoms with E-state index in [1.165, 1.54) is 16.8 Å². The predicted molar refractivity (Wildman–Crippen MR) is 73.4 cm³/mol. The Morgan fingerprint density at radius 1 is 1.56 bits per heavy atom. The third kappa shape index (κ3) is 2.76. The third-order valence-corrected chi connectivity index (χ3v) is 3.01. The van der Waals surface area contributed by atoms with E-state index in [4.69, 9.17) is 5.73 Å². The van der Waals surface area contributed by atoms with Crippen molar-refractivity contribution in [1.29, 1.82) is 0 Å². The second kappa shape index (κ2) is 5.30. The van der Waals surface area contributed by atoms with E-state index in [-0.39, 0.29) is 5.82 Å². The minimum atomic E-state index is -0.264. The maximum Gasteiger partial charge on any atom is 0.221 e. The van der Waals surface area contributed by atoms with E-state index in [0.717, 1.165) is 16.8 Å². The van der Waals surface area contributed by atoms with Gasteiger partial charge in [-0.1, -0.05) is 22.0 Å². The van der Waals surface area contributed by atoms with Gasteiger partial charge in [-0.3, -0.25) is 0 Å². The van der Waals surface area contributed by atoms with E-state index >= 15 is 0 Å². The van der Waals surface area contributed by atoms with Gasteiger partial charge < -0.3 is 5.73 Å². The summed E-state index contributed by atoms with van der Waals surface area (Å²) in [6, 6.07) is 4.55. The van der Waals surface area contributed by atoms with E-state index in [9.17, 15) is 4.39 Å². The number of hydrogen-bond acceptors (Lipinski definition) is 3. The van der Waals surface area contributed by atoms with E-state index in [1.807, 2.05) is 6.92 Å². The highest BCUT2D eigenvalue weighted by Crippen LogP contribution is 2.13. The van der Waals surface area contributed by atoms with Gasteiger partial charge in [0.2, 0.25) is 5.95 Å². The first-order chi connectivity index (χ1) is 8.60. The number of aryl methyl sites for hydroxylation is 1. The number of nitrogen functional groups attached to an aromatic ring is 1.